The maximum atomic E-state index is 12.2. The minimum atomic E-state index is -0.149. The topological polar surface area (TPSA) is 80.4 Å². The number of hydrogen-bond acceptors (Lipinski definition) is 4. The Kier molecular flexibility index (Phi) is 6.32. The lowest BCUT2D eigenvalue weighted by atomic mass is 10.1. The highest BCUT2D eigenvalue weighted by molar-refractivity contribution is 5.80. The van der Waals surface area contributed by atoms with Gasteiger partial charge in [0, 0.05) is 17.5 Å². The number of aromatic nitrogens is 1. The lowest BCUT2D eigenvalue weighted by Gasteiger charge is -2.11. The molecule has 3 rings (SSSR count). The Morgan fingerprint density at radius 2 is 1.89 bits per heavy atom. The highest BCUT2D eigenvalue weighted by Gasteiger charge is 2.08. The van der Waals surface area contributed by atoms with Gasteiger partial charge in [-0.05, 0) is 49.1 Å². The number of carbonyl (C=O) groups is 1. The van der Waals surface area contributed by atoms with Gasteiger partial charge in [0.2, 0.25) is 5.91 Å². The van der Waals surface area contributed by atoms with E-state index in [9.17, 15) is 9.59 Å². The Morgan fingerprint density at radius 3 is 2.68 bits per heavy atom. The summed E-state index contributed by atoms with van der Waals surface area (Å²) >= 11 is 0. The van der Waals surface area contributed by atoms with Crippen molar-refractivity contribution in [2.24, 2.45) is 0 Å². The molecule has 0 spiro atoms. The fourth-order valence-corrected chi connectivity index (χ4v) is 2.98. The van der Waals surface area contributed by atoms with Crippen molar-refractivity contribution in [1.82, 2.24) is 10.3 Å². The molecule has 0 bridgehead atoms. The first-order valence-corrected chi connectivity index (χ1v) is 9.22. The van der Waals surface area contributed by atoms with E-state index in [4.69, 9.17) is 9.47 Å². The van der Waals surface area contributed by atoms with Crippen LogP contribution in [0.2, 0.25) is 0 Å². The SMILES string of the molecule is COc1ccccc1OCCNC(=O)CCc1cc2cc(C)ccc2[nH]c1=O. The molecule has 0 radical (unpaired) electrons. The van der Waals surface area contributed by atoms with Gasteiger partial charge in [-0.25, -0.2) is 0 Å². The molecule has 0 aliphatic carbocycles. The number of benzene rings is 2. The molecule has 0 atom stereocenters. The predicted octanol–water partition coefficient (Wildman–Crippen LogP) is 2.97. The Balaban J connectivity index is 1.48. The largest absolute Gasteiger partial charge is 0.493 e. The maximum absolute atomic E-state index is 12.2. The monoisotopic (exact) mass is 380 g/mol. The van der Waals surface area contributed by atoms with E-state index in [0.717, 1.165) is 16.5 Å². The van der Waals surface area contributed by atoms with Gasteiger partial charge in [0.15, 0.2) is 11.5 Å². The van der Waals surface area contributed by atoms with Gasteiger partial charge in [-0.15, -0.1) is 0 Å². The van der Waals surface area contributed by atoms with Crippen molar-refractivity contribution in [3.63, 3.8) is 0 Å². The molecule has 6 heteroatoms. The quantitative estimate of drug-likeness (QED) is 0.589. The van der Waals surface area contributed by atoms with Gasteiger partial charge in [-0.3, -0.25) is 9.59 Å². The van der Waals surface area contributed by atoms with Gasteiger partial charge in [-0.1, -0.05) is 23.8 Å². The smallest absolute Gasteiger partial charge is 0.251 e. The van der Waals surface area contributed by atoms with Gasteiger partial charge in [0.25, 0.3) is 5.56 Å². The lowest BCUT2D eigenvalue weighted by Crippen LogP contribution is -2.28. The minimum absolute atomic E-state index is 0.118. The summed E-state index contributed by atoms with van der Waals surface area (Å²) in [5.74, 6) is 1.17. The first-order valence-electron chi connectivity index (χ1n) is 9.22. The number of ether oxygens (including phenoxy) is 2. The Bertz CT molecular complexity index is 1030. The molecule has 0 unspecified atom stereocenters. The van der Waals surface area contributed by atoms with Gasteiger partial charge in [0.1, 0.15) is 6.61 Å². The molecular weight excluding hydrogens is 356 g/mol. The summed E-state index contributed by atoms with van der Waals surface area (Å²) < 4.78 is 10.8. The van der Waals surface area contributed by atoms with Gasteiger partial charge in [0.05, 0.1) is 13.7 Å². The zero-order chi connectivity index (χ0) is 19.9. The molecule has 0 aliphatic rings. The summed E-state index contributed by atoms with van der Waals surface area (Å²) in [5.41, 5.74) is 2.39. The maximum Gasteiger partial charge on any atom is 0.251 e. The normalized spacial score (nSPS) is 10.6. The zero-order valence-electron chi connectivity index (χ0n) is 16.1. The number of nitrogens with one attached hydrogen (secondary N) is 2. The molecule has 6 nitrogen and oxygen atoms in total. The minimum Gasteiger partial charge on any atom is -0.493 e. The standard InChI is InChI=1S/C22H24N2O4/c1-15-7-9-18-17(13-15)14-16(22(26)24-18)8-10-21(25)23-11-12-28-20-6-4-3-5-19(20)27-2/h3-7,9,13-14H,8,10-12H2,1-2H3,(H,23,25)(H,24,26). The lowest BCUT2D eigenvalue weighted by molar-refractivity contribution is -0.121. The summed E-state index contributed by atoms with van der Waals surface area (Å²) in [6.45, 7) is 2.72. The average molecular weight is 380 g/mol. The van der Waals surface area contributed by atoms with E-state index in [1.165, 1.54) is 0 Å². The van der Waals surface area contributed by atoms with Crippen LogP contribution in [-0.2, 0) is 11.2 Å². The van der Waals surface area contributed by atoms with Crippen molar-refractivity contribution in [1.29, 1.82) is 0 Å². The number of amides is 1. The molecule has 0 aliphatic heterocycles. The molecule has 1 aromatic heterocycles. The number of aromatic amines is 1. The van der Waals surface area contributed by atoms with Crippen LogP contribution in [0.3, 0.4) is 0 Å². The third-order valence-corrected chi connectivity index (χ3v) is 4.45. The number of rotatable bonds is 8. The summed E-state index contributed by atoms with van der Waals surface area (Å²) in [6, 6.07) is 15.1. The Hall–Kier alpha value is -3.28. The molecule has 1 amide bonds. The summed E-state index contributed by atoms with van der Waals surface area (Å²) in [5, 5.41) is 3.78. The summed E-state index contributed by atoms with van der Waals surface area (Å²) in [4.78, 5) is 27.1. The van der Waals surface area contributed by atoms with E-state index < -0.39 is 0 Å². The van der Waals surface area contributed by atoms with E-state index >= 15 is 0 Å². The predicted molar refractivity (Wildman–Crippen MR) is 109 cm³/mol. The Labute approximate surface area is 163 Å². The highest BCUT2D eigenvalue weighted by Crippen LogP contribution is 2.25. The molecule has 2 N–H and O–H groups in total. The number of fused-ring (bicyclic) bond motifs is 1. The molecule has 0 fully saturated rings. The zero-order valence-corrected chi connectivity index (χ0v) is 16.1. The second-order valence-corrected chi connectivity index (χ2v) is 6.56. The number of pyridine rings is 1. The van der Waals surface area contributed by atoms with Crippen molar-refractivity contribution in [3.05, 3.63) is 70.0 Å². The van der Waals surface area contributed by atoms with Crippen LogP contribution in [0.25, 0.3) is 10.9 Å². The number of aryl methyl sites for hydroxylation is 2. The first-order chi connectivity index (χ1) is 13.6. The third-order valence-electron chi connectivity index (χ3n) is 4.45. The van der Waals surface area contributed by atoms with Crippen molar-refractivity contribution in [2.45, 2.75) is 19.8 Å². The highest BCUT2D eigenvalue weighted by atomic mass is 16.5. The van der Waals surface area contributed by atoms with E-state index in [-0.39, 0.29) is 17.9 Å². The second-order valence-electron chi connectivity index (χ2n) is 6.56. The van der Waals surface area contributed by atoms with Crippen LogP contribution in [-0.4, -0.2) is 31.2 Å². The number of hydrogen-bond donors (Lipinski definition) is 2. The fourth-order valence-electron chi connectivity index (χ4n) is 2.98. The number of carbonyl (C=O) groups excluding carboxylic acids is 1. The molecule has 28 heavy (non-hydrogen) atoms. The third kappa shape index (κ3) is 4.91. The number of H-pyrrole nitrogens is 1. The molecular formula is C22H24N2O4. The van der Waals surface area contributed by atoms with Crippen molar-refractivity contribution in [3.8, 4) is 11.5 Å². The number of methoxy groups -OCH3 is 1. The van der Waals surface area contributed by atoms with Crippen LogP contribution < -0.4 is 20.3 Å². The van der Waals surface area contributed by atoms with Crippen LogP contribution in [0.4, 0.5) is 0 Å². The van der Waals surface area contributed by atoms with E-state index in [2.05, 4.69) is 10.3 Å². The van der Waals surface area contributed by atoms with E-state index in [1.807, 2.05) is 55.5 Å². The average Bonchev–Trinajstić information content (AvgIpc) is 2.70. The molecule has 1 heterocycles. The van der Waals surface area contributed by atoms with Crippen LogP contribution >= 0.6 is 0 Å². The van der Waals surface area contributed by atoms with E-state index in [1.54, 1.807) is 7.11 Å². The van der Waals surface area contributed by atoms with Crippen LogP contribution in [0.1, 0.15) is 17.5 Å². The van der Waals surface area contributed by atoms with Crippen LogP contribution in [0, 0.1) is 6.92 Å². The molecule has 2 aromatic carbocycles. The van der Waals surface area contributed by atoms with Crippen LogP contribution in [0.15, 0.2) is 53.3 Å². The molecule has 0 saturated heterocycles. The fraction of sp³-hybridized carbons (Fsp3) is 0.273. The Morgan fingerprint density at radius 1 is 1.11 bits per heavy atom. The van der Waals surface area contributed by atoms with Crippen molar-refractivity contribution >= 4 is 16.8 Å². The van der Waals surface area contributed by atoms with Crippen molar-refractivity contribution < 1.29 is 14.3 Å². The van der Waals surface area contributed by atoms with Gasteiger partial charge < -0.3 is 19.8 Å². The molecule has 146 valence electrons. The molecule has 3 aromatic rings. The summed E-state index contributed by atoms with van der Waals surface area (Å²) in [7, 11) is 1.58. The van der Waals surface area contributed by atoms with Crippen LogP contribution in [0.5, 0.6) is 11.5 Å². The summed E-state index contributed by atoms with van der Waals surface area (Å²) in [6.07, 6.45) is 0.632. The molecule has 0 saturated carbocycles. The second kappa shape index (κ2) is 9.08. The van der Waals surface area contributed by atoms with Gasteiger partial charge >= 0.3 is 0 Å². The number of para-hydroxylation sites is 2. The first kappa shape index (κ1) is 19.5. The van der Waals surface area contributed by atoms with Crippen molar-refractivity contribution in [2.75, 3.05) is 20.3 Å². The van der Waals surface area contributed by atoms with Gasteiger partial charge in [-0.2, -0.15) is 0 Å². The van der Waals surface area contributed by atoms with E-state index in [0.29, 0.717) is 36.6 Å².